The predicted molar refractivity (Wildman–Crippen MR) is 113 cm³/mol. The van der Waals surface area contributed by atoms with Crippen LogP contribution in [0.3, 0.4) is 0 Å². The number of anilines is 1. The Kier molecular flexibility index (Phi) is 5.81. The number of hydrogen-bond acceptors (Lipinski definition) is 5. The van der Waals surface area contributed by atoms with Crippen LogP contribution in [0.4, 0.5) is 5.69 Å². The molecule has 3 fully saturated rings. The van der Waals surface area contributed by atoms with Crippen molar-refractivity contribution in [1.29, 1.82) is 0 Å². The third kappa shape index (κ3) is 3.33. The molecule has 1 aromatic rings. The summed E-state index contributed by atoms with van der Waals surface area (Å²) in [6, 6.07) is 5.79. The van der Waals surface area contributed by atoms with Crippen LogP contribution in [0.5, 0.6) is 0 Å². The zero-order valence-corrected chi connectivity index (χ0v) is 17.7. The van der Waals surface area contributed by atoms with Crippen LogP contribution < -0.4 is 4.90 Å². The van der Waals surface area contributed by atoms with E-state index in [2.05, 4.69) is 6.58 Å². The summed E-state index contributed by atoms with van der Waals surface area (Å²) in [6.45, 7) is 3.94. The number of hydrogen-bond donors (Lipinski definition) is 2. The molecular formula is C22H25ClN2O6. The number of likely N-dealkylation sites (tertiary alicyclic amines) is 1. The van der Waals surface area contributed by atoms with Gasteiger partial charge in [0, 0.05) is 30.4 Å². The third-order valence-electron chi connectivity index (χ3n) is 6.59. The first kappa shape index (κ1) is 21.8. The maximum atomic E-state index is 13.9. The largest absolute Gasteiger partial charge is 0.481 e. The fraction of sp³-hybridized carbons (Fsp3) is 0.500. The minimum absolute atomic E-state index is 0.146. The van der Waals surface area contributed by atoms with E-state index in [1.54, 1.807) is 30.3 Å². The first-order valence-electron chi connectivity index (χ1n) is 10.4. The van der Waals surface area contributed by atoms with Gasteiger partial charge in [0.25, 0.3) is 5.91 Å². The summed E-state index contributed by atoms with van der Waals surface area (Å²) in [7, 11) is 0. The summed E-state index contributed by atoms with van der Waals surface area (Å²) in [5.74, 6) is -3.72. The number of aliphatic hydroxyl groups excluding tert-OH is 1. The molecule has 0 saturated carbocycles. The van der Waals surface area contributed by atoms with Crippen LogP contribution in [0.25, 0.3) is 0 Å². The Balaban J connectivity index is 1.76. The minimum Gasteiger partial charge on any atom is -0.481 e. The van der Waals surface area contributed by atoms with Gasteiger partial charge < -0.3 is 24.7 Å². The van der Waals surface area contributed by atoms with E-state index in [-0.39, 0.29) is 32.0 Å². The van der Waals surface area contributed by atoms with E-state index in [0.717, 1.165) is 0 Å². The van der Waals surface area contributed by atoms with Gasteiger partial charge in [-0.1, -0.05) is 17.7 Å². The van der Waals surface area contributed by atoms with Gasteiger partial charge in [-0.25, -0.2) is 0 Å². The summed E-state index contributed by atoms with van der Waals surface area (Å²) < 4.78 is 6.16. The van der Waals surface area contributed by atoms with Crippen molar-refractivity contribution in [3.05, 3.63) is 41.9 Å². The molecule has 9 heteroatoms. The number of aliphatic hydroxyl groups is 1. The fourth-order valence-corrected chi connectivity index (χ4v) is 5.54. The Morgan fingerprint density at radius 3 is 2.68 bits per heavy atom. The van der Waals surface area contributed by atoms with Gasteiger partial charge in [-0.3, -0.25) is 14.4 Å². The van der Waals surface area contributed by atoms with Crippen molar-refractivity contribution in [3.63, 3.8) is 0 Å². The molecule has 3 aliphatic heterocycles. The van der Waals surface area contributed by atoms with Gasteiger partial charge in [0.15, 0.2) is 0 Å². The van der Waals surface area contributed by atoms with Gasteiger partial charge in [-0.2, -0.15) is 0 Å². The van der Waals surface area contributed by atoms with Gasteiger partial charge in [0.2, 0.25) is 5.91 Å². The summed E-state index contributed by atoms with van der Waals surface area (Å²) in [5, 5.41) is 19.6. The molecular weight excluding hydrogens is 424 g/mol. The molecule has 2 bridgehead atoms. The number of ether oxygens (including phenoxy) is 1. The predicted octanol–water partition coefficient (Wildman–Crippen LogP) is 1.70. The van der Waals surface area contributed by atoms with Gasteiger partial charge in [0.1, 0.15) is 11.6 Å². The van der Waals surface area contributed by atoms with Crippen LogP contribution in [0.15, 0.2) is 36.9 Å². The second kappa shape index (κ2) is 8.26. The maximum Gasteiger partial charge on any atom is 0.310 e. The molecule has 3 saturated heterocycles. The molecule has 8 nitrogen and oxygen atoms in total. The minimum atomic E-state index is -1.18. The van der Waals surface area contributed by atoms with E-state index in [4.69, 9.17) is 16.3 Å². The first-order valence-corrected chi connectivity index (χ1v) is 10.7. The standard InChI is InChI=1S/C22H25ClN2O6/c1-2-10-24(14-6-4-13(23)5-7-14)20(28)18-22-9-8-15(31-22)16(21(29)30)17(22)19(27)25(18)11-3-12-26/h2,4-7,15-18,26H,1,3,8-12H2,(H,29,30)/t15-,16+,17+,18?,22?/m1/s1. The molecule has 31 heavy (non-hydrogen) atoms. The van der Waals surface area contributed by atoms with Gasteiger partial charge >= 0.3 is 5.97 Å². The highest BCUT2D eigenvalue weighted by Crippen LogP contribution is 2.58. The highest BCUT2D eigenvalue weighted by atomic mass is 35.5. The van der Waals surface area contributed by atoms with Gasteiger partial charge in [0.05, 0.1) is 17.9 Å². The number of fused-ring (bicyclic) bond motifs is 1. The quantitative estimate of drug-likeness (QED) is 0.586. The van der Waals surface area contributed by atoms with Gasteiger partial charge in [-0.05, 0) is 43.5 Å². The number of carbonyl (C=O) groups is 3. The first-order chi connectivity index (χ1) is 14.9. The molecule has 0 aliphatic carbocycles. The second-order valence-corrected chi connectivity index (χ2v) is 8.65. The van der Waals surface area contributed by atoms with Crippen LogP contribution >= 0.6 is 11.6 Å². The Bertz CT molecular complexity index is 906. The number of carboxylic acid groups (broad SMARTS) is 1. The number of carboxylic acids is 1. The van der Waals surface area contributed by atoms with E-state index in [9.17, 15) is 24.6 Å². The van der Waals surface area contributed by atoms with E-state index < -0.39 is 41.5 Å². The van der Waals surface area contributed by atoms with Crippen molar-refractivity contribution < 1.29 is 29.3 Å². The molecule has 5 atom stereocenters. The summed E-state index contributed by atoms with van der Waals surface area (Å²) in [4.78, 5) is 42.1. The normalized spacial score (nSPS) is 31.0. The van der Waals surface area contributed by atoms with Gasteiger partial charge in [-0.15, -0.1) is 6.58 Å². The molecule has 2 unspecified atom stereocenters. The average Bonchev–Trinajstić information content (AvgIpc) is 3.38. The zero-order valence-electron chi connectivity index (χ0n) is 16.9. The number of amides is 2. The number of nitrogens with zero attached hydrogens (tertiary/aromatic N) is 2. The molecule has 4 rings (SSSR count). The lowest BCUT2D eigenvalue weighted by molar-refractivity contribution is -0.149. The number of benzene rings is 1. The summed E-state index contributed by atoms with van der Waals surface area (Å²) in [5.41, 5.74) is -0.588. The molecule has 1 spiro atoms. The van der Waals surface area contributed by atoms with Crippen LogP contribution in [0.2, 0.25) is 5.02 Å². The number of carbonyl (C=O) groups excluding carboxylic acids is 2. The van der Waals surface area contributed by atoms with Crippen molar-refractivity contribution in [2.75, 3.05) is 24.6 Å². The van der Waals surface area contributed by atoms with Crippen molar-refractivity contribution in [2.24, 2.45) is 11.8 Å². The zero-order chi connectivity index (χ0) is 22.3. The van der Waals surface area contributed by atoms with Crippen molar-refractivity contribution in [3.8, 4) is 0 Å². The maximum absolute atomic E-state index is 13.9. The molecule has 0 radical (unpaired) electrons. The van der Waals surface area contributed by atoms with E-state index >= 15 is 0 Å². The molecule has 3 aliphatic rings. The van der Waals surface area contributed by atoms with E-state index in [1.165, 1.54) is 9.80 Å². The molecule has 3 heterocycles. The lowest BCUT2D eigenvalue weighted by Gasteiger charge is -2.36. The van der Waals surface area contributed by atoms with E-state index in [1.807, 2.05) is 0 Å². The Labute approximate surface area is 185 Å². The SMILES string of the molecule is C=CCN(C(=O)C1N(CCCO)C(=O)[C@@H]2[C@@H](C(=O)O)[C@H]3CCC12O3)c1ccc(Cl)cc1. The molecule has 166 valence electrons. The topological polar surface area (TPSA) is 107 Å². The Morgan fingerprint density at radius 1 is 1.35 bits per heavy atom. The molecule has 0 aromatic heterocycles. The highest BCUT2D eigenvalue weighted by molar-refractivity contribution is 6.30. The average molecular weight is 449 g/mol. The van der Waals surface area contributed by atoms with Crippen LogP contribution in [0, 0.1) is 11.8 Å². The van der Waals surface area contributed by atoms with Crippen molar-refractivity contribution in [2.45, 2.75) is 37.0 Å². The third-order valence-corrected chi connectivity index (χ3v) is 6.84. The molecule has 2 N–H and O–H groups in total. The van der Waals surface area contributed by atoms with Crippen molar-refractivity contribution in [1.82, 2.24) is 4.90 Å². The van der Waals surface area contributed by atoms with Crippen LogP contribution in [-0.2, 0) is 19.1 Å². The van der Waals surface area contributed by atoms with Crippen LogP contribution in [0.1, 0.15) is 19.3 Å². The molecule has 1 aromatic carbocycles. The summed E-state index contributed by atoms with van der Waals surface area (Å²) in [6.07, 6.45) is 2.21. The number of halogens is 1. The van der Waals surface area contributed by atoms with Crippen LogP contribution in [-0.4, -0.2) is 70.3 Å². The lowest BCUT2D eigenvalue weighted by Crippen LogP contribution is -2.56. The smallest absolute Gasteiger partial charge is 0.310 e. The fourth-order valence-electron chi connectivity index (χ4n) is 5.42. The number of aliphatic carboxylic acids is 1. The number of rotatable bonds is 8. The van der Waals surface area contributed by atoms with Crippen molar-refractivity contribution >= 4 is 35.1 Å². The lowest BCUT2D eigenvalue weighted by atomic mass is 9.70. The van der Waals surface area contributed by atoms with E-state index in [0.29, 0.717) is 23.6 Å². The summed E-state index contributed by atoms with van der Waals surface area (Å²) >= 11 is 5.99. The molecule has 2 amide bonds. The monoisotopic (exact) mass is 448 g/mol. The highest BCUT2D eigenvalue weighted by Gasteiger charge is 2.74. The Morgan fingerprint density at radius 2 is 2.06 bits per heavy atom. The Hall–Kier alpha value is -2.42. The second-order valence-electron chi connectivity index (χ2n) is 8.22.